The lowest BCUT2D eigenvalue weighted by Crippen LogP contribution is -2.50. The highest BCUT2D eigenvalue weighted by molar-refractivity contribution is 7.89. The lowest BCUT2D eigenvalue weighted by molar-refractivity contribution is 0.0560. The molecule has 0 fully saturated rings. The molecule has 0 saturated heterocycles. The standard InChI is InChI=1S/C25H31FN2O5S/c1-5-8-19-11-12-24-22(13-19)33-23(17(2)14-28(18(3)16-29)34(24,31)32)15-27(4)25(30)20-9-6-7-10-21(20)26/h5-13,17-18,23,29H,14-16H2,1-4H3/b8-5+/t17-,18-,23-/m0/s1. The Balaban J connectivity index is 2.01. The quantitative estimate of drug-likeness (QED) is 0.671. The minimum absolute atomic E-state index is 0.000960. The number of aliphatic hydroxyl groups is 1. The number of fused-ring (bicyclic) bond motifs is 1. The summed E-state index contributed by atoms with van der Waals surface area (Å²) in [6.07, 6.45) is 3.08. The van der Waals surface area contributed by atoms with E-state index in [0.29, 0.717) is 0 Å². The Bertz CT molecular complexity index is 1170. The predicted molar refractivity (Wildman–Crippen MR) is 129 cm³/mol. The maximum Gasteiger partial charge on any atom is 0.256 e. The number of halogens is 1. The molecule has 2 aromatic carbocycles. The molecule has 1 heterocycles. The van der Waals surface area contributed by atoms with E-state index in [-0.39, 0.29) is 41.8 Å². The average molecular weight is 491 g/mol. The fourth-order valence-corrected chi connectivity index (χ4v) is 5.78. The van der Waals surface area contributed by atoms with Crippen LogP contribution in [0.3, 0.4) is 0 Å². The molecule has 2 aromatic rings. The molecule has 0 bridgehead atoms. The van der Waals surface area contributed by atoms with Gasteiger partial charge in [-0.1, -0.05) is 37.3 Å². The van der Waals surface area contributed by atoms with Gasteiger partial charge in [0.05, 0.1) is 18.7 Å². The number of carbonyl (C=O) groups excluding carboxylic acids is 1. The van der Waals surface area contributed by atoms with Crippen molar-refractivity contribution >= 4 is 22.0 Å². The van der Waals surface area contributed by atoms with Gasteiger partial charge in [-0.25, -0.2) is 12.8 Å². The van der Waals surface area contributed by atoms with Crippen molar-refractivity contribution in [2.45, 2.75) is 37.8 Å². The lowest BCUT2D eigenvalue weighted by atomic mass is 10.0. The zero-order chi connectivity index (χ0) is 25.0. The Kier molecular flexibility index (Phi) is 8.12. The van der Waals surface area contributed by atoms with Crippen LogP contribution in [0.1, 0.15) is 36.7 Å². The first kappa shape index (κ1) is 25.9. The molecule has 0 aromatic heterocycles. The zero-order valence-electron chi connectivity index (χ0n) is 19.8. The fourth-order valence-electron chi connectivity index (χ4n) is 3.95. The molecule has 1 aliphatic heterocycles. The fraction of sp³-hybridized carbons (Fsp3) is 0.400. The van der Waals surface area contributed by atoms with Crippen LogP contribution in [-0.4, -0.2) is 67.5 Å². The minimum atomic E-state index is -3.94. The topological polar surface area (TPSA) is 87.2 Å². The number of benzene rings is 2. The van der Waals surface area contributed by atoms with Gasteiger partial charge in [0, 0.05) is 25.6 Å². The van der Waals surface area contributed by atoms with Crippen LogP contribution < -0.4 is 4.74 Å². The summed E-state index contributed by atoms with van der Waals surface area (Å²) in [5.74, 6) is -1.26. The summed E-state index contributed by atoms with van der Waals surface area (Å²) >= 11 is 0. The van der Waals surface area contributed by atoms with Crippen LogP contribution in [0.15, 0.2) is 53.4 Å². The molecule has 9 heteroatoms. The van der Waals surface area contributed by atoms with E-state index in [1.807, 2.05) is 26.0 Å². The Morgan fingerprint density at radius 2 is 2.03 bits per heavy atom. The first-order chi connectivity index (χ1) is 16.1. The van der Waals surface area contributed by atoms with Crippen molar-refractivity contribution in [3.05, 3.63) is 65.5 Å². The summed E-state index contributed by atoms with van der Waals surface area (Å²) in [5, 5.41) is 9.73. The minimum Gasteiger partial charge on any atom is -0.487 e. The SMILES string of the molecule is C/C=C/c1ccc2c(c1)O[C@@H](CN(C)C(=O)c1ccccc1F)[C@@H](C)CN([C@@H](C)CO)S2(=O)=O. The van der Waals surface area contributed by atoms with Crippen LogP contribution >= 0.6 is 0 Å². The van der Waals surface area contributed by atoms with Crippen LogP contribution in [-0.2, 0) is 10.0 Å². The highest BCUT2D eigenvalue weighted by atomic mass is 32.2. The van der Waals surface area contributed by atoms with Gasteiger partial charge in [-0.2, -0.15) is 4.31 Å². The molecule has 1 aliphatic rings. The average Bonchev–Trinajstić information content (AvgIpc) is 2.80. The molecule has 184 valence electrons. The molecule has 3 atom stereocenters. The van der Waals surface area contributed by atoms with E-state index in [4.69, 9.17) is 4.74 Å². The number of allylic oxidation sites excluding steroid dienone is 1. The van der Waals surface area contributed by atoms with Crippen molar-refractivity contribution < 1.29 is 27.4 Å². The van der Waals surface area contributed by atoms with E-state index in [2.05, 4.69) is 0 Å². The van der Waals surface area contributed by atoms with Crippen LogP contribution in [0.2, 0.25) is 0 Å². The molecule has 0 radical (unpaired) electrons. The molecule has 0 spiro atoms. The Morgan fingerprint density at radius 3 is 2.68 bits per heavy atom. The first-order valence-electron chi connectivity index (χ1n) is 11.2. The van der Waals surface area contributed by atoms with Crippen molar-refractivity contribution in [1.82, 2.24) is 9.21 Å². The van der Waals surface area contributed by atoms with E-state index in [1.54, 1.807) is 32.2 Å². The molecular weight excluding hydrogens is 459 g/mol. The Labute approximate surface area is 200 Å². The molecule has 3 rings (SSSR count). The van der Waals surface area contributed by atoms with Crippen LogP contribution in [0.25, 0.3) is 6.08 Å². The van der Waals surface area contributed by atoms with Gasteiger partial charge in [0.15, 0.2) is 0 Å². The molecule has 0 unspecified atom stereocenters. The smallest absolute Gasteiger partial charge is 0.256 e. The summed E-state index contributed by atoms with van der Waals surface area (Å²) in [4.78, 5) is 14.3. The number of aliphatic hydroxyl groups excluding tert-OH is 1. The second-order valence-electron chi connectivity index (χ2n) is 8.61. The number of nitrogens with zero attached hydrogens (tertiary/aromatic N) is 2. The van der Waals surface area contributed by atoms with Gasteiger partial charge in [0.2, 0.25) is 10.0 Å². The third-order valence-corrected chi connectivity index (χ3v) is 7.97. The number of sulfonamides is 1. The van der Waals surface area contributed by atoms with Crippen LogP contribution in [0.5, 0.6) is 5.75 Å². The monoisotopic (exact) mass is 490 g/mol. The number of hydrogen-bond donors (Lipinski definition) is 1. The van der Waals surface area contributed by atoms with E-state index < -0.39 is 33.9 Å². The van der Waals surface area contributed by atoms with Crippen molar-refractivity contribution in [1.29, 1.82) is 0 Å². The van der Waals surface area contributed by atoms with Gasteiger partial charge >= 0.3 is 0 Å². The molecule has 1 amide bonds. The maximum absolute atomic E-state index is 14.2. The molecule has 1 N–H and O–H groups in total. The van der Waals surface area contributed by atoms with Gasteiger partial charge in [0.25, 0.3) is 5.91 Å². The number of amides is 1. The largest absolute Gasteiger partial charge is 0.487 e. The number of likely N-dealkylation sites (N-methyl/N-ethyl adjacent to an activating group) is 1. The number of rotatable bonds is 6. The third-order valence-electron chi connectivity index (χ3n) is 5.96. The first-order valence-corrected chi connectivity index (χ1v) is 12.6. The van der Waals surface area contributed by atoms with Gasteiger partial charge in [-0.05, 0) is 43.7 Å². The highest BCUT2D eigenvalue weighted by Crippen LogP contribution is 2.34. The second kappa shape index (κ2) is 10.7. The predicted octanol–water partition coefficient (Wildman–Crippen LogP) is 3.40. The van der Waals surface area contributed by atoms with Crippen molar-refractivity contribution in [3.63, 3.8) is 0 Å². The van der Waals surface area contributed by atoms with Crippen molar-refractivity contribution in [2.75, 3.05) is 26.7 Å². The summed E-state index contributed by atoms with van der Waals surface area (Å²) in [5.41, 5.74) is 0.721. The molecule has 0 saturated carbocycles. The highest BCUT2D eigenvalue weighted by Gasteiger charge is 2.38. The normalized spacial score (nSPS) is 21.2. The van der Waals surface area contributed by atoms with Gasteiger partial charge < -0.3 is 14.7 Å². The van der Waals surface area contributed by atoms with E-state index in [0.717, 1.165) is 5.56 Å². The maximum atomic E-state index is 14.2. The Morgan fingerprint density at radius 1 is 1.32 bits per heavy atom. The Hall–Kier alpha value is -2.75. The third kappa shape index (κ3) is 5.32. The second-order valence-corrected chi connectivity index (χ2v) is 10.5. The molecular formula is C25H31FN2O5S. The van der Waals surface area contributed by atoms with E-state index in [1.165, 1.54) is 33.5 Å². The lowest BCUT2D eigenvalue weighted by Gasteiger charge is -2.37. The summed E-state index contributed by atoms with van der Waals surface area (Å²) in [6, 6.07) is 9.96. The zero-order valence-corrected chi connectivity index (χ0v) is 20.6. The number of carbonyl (C=O) groups is 1. The van der Waals surface area contributed by atoms with Crippen molar-refractivity contribution in [3.8, 4) is 5.75 Å². The van der Waals surface area contributed by atoms with Crippen LogP contribution in [0.4, 0.5) is 4.39 Å². The number of hydrogen-bond acceptors (Lipinski definition) is 5. The van der Waals surface area contributed by atoms with Crippen molar-refractivity contribution in [2.24, 2.45) is 5.92 Å². The van der Waals surface area contributed by atoms with Gasteiger partial charge in [-0.15, -0.1) is 0 Å². The molecule has 7 nitrogen and oxygen atoms in total. The summed E-state index contributed by atoms with van der Waals surface area (Å²) in [7, 11) is -2.38. The molecule has 0 aliphatic carbocycles. The summed E-state index contributed by atoms with van der Waals surface area (Å²) < 4.78 is 48.6. The van der Waals surface area contributed by atoms with Crippen LogP contribution in [0, 0.1) is 11.7 Å². The number of ether oxygens (including phenoxy) is 1. The summed E-state index contributed by atoms with van der Waals surface area (Å²) in [6.45, 7) is 5.20. The van der Waals surface area contributed by atoms with Gasteiger partial charge in [-0.3, -0.25) is 4.79 Å². The van der Waals surface area contributed by atoms with Gasteiger partial charge in [0.1, 0.15) is 22.6 Å². The molecule has 34 heavy (non-hydrogen) atoms. The van der Waals surface area contributed by atoms with E-state index in [9.17, 15) is 22.7 Å². The van der Waals surface area contributed by atoms with E-state index >= 15 is 0 Å².